The van der Waals surface area contributed by atoms with E-state index in [0.717, 1.165) is 39.1 Å². The minimum absolute atomic E-state index is 0.161. The Balaban J connectivity index is 1.55. The summed E-state index contributed by atoms with van der Waals surface area (Å²) in [5, 5.41) is 8.87. The third-order valence-electron chi connectivity index (χ3n) is 4.11. The molecule has 0 unspecified atom stereocenters. The number of carboxylic acid groups (broad SMARTS) is 1. The van der Waals surface area contributed by atoms with Crippen LogP contribution >= 0.6 is 0 Å². The quantitative estimate of drug-likeness (QED) is 0.863. The van der Waals surface area contributed by atoms with Crippen molar-refractivity contribution in [2.75, 3.05) is 32.7 Å². The van der Waals surface area contributed by atoms with Gasteiger partial charge in [-0.1, -0.05) is 0 Å². The van der Waals surface area contributed by atoms with Crippen LogP contribution in [0.15, 0.2) is 12.5 Å². The molecular formula is C14H22N4O2. The lowest BCUT2D eigenvalue weighted by Gasteiger charge is -2.21. The lowest BCUT2D eigenvalue weighted by molar-refractivity contribution is -0.138. The summed E-state index contributed by atoms with van der Waals surface area (Å²) in [6.07, 6.45) is 7.50. The van der Waals surface area contributed by atoms with Gasteiger partial charge in [0, 0.05) is 38.4 Å². The molecular weight excluding hydrogens is 256 g/mol. The van der Waals surface area contributed by atoms with Crippen LogP contribution in [-0.4, -0.2) is 63.2 Å². The zero-order valence-corrected chi connectivity index (χ0v) is 11.7. The van der Waals surface area contributed by atoms with Gasteiger partial charge in [-0.25, -0.2) is 4.98 Å². The number of aliphatic carboxylic acids is 1. The fourth-order valence-electron chi connectivity index (χ4n) is 2.90. The summed E-state index contributed by atoms with van der Waals surface area (Å²) in [4.78, 5) is 19.5. The molecule has 6 heteroatoms. The molecule has 1 saturated heterocycles. The predicted molar refractivity (Wildman–Crippen MR) is 74.5 cm³/mol. The fourth-order valence-corrected chi connectivity index (χ4v) is 2.90. The molecule has 2 heterocycles. The smallest absolute Gasteiger partial charge is 0.317 e. The Morgan fingerprint density at radius 1 is 1.25 bits per heavy atom. The van der Waals surface area contributed by atoms with E-state index in [1.807, 2.05) is 17.4 Å². The van der Waals surface area contributed by atoms with Crippen LogP contribution in [-0.2, 0) is 11.3 Å². The molecule has 110 valence electrons. The van der Waals surface area contributed by atoms with Gasteiger partial charge in [0.1, 0.15) is 0 Å². The maximum atomic E-state index is 10.8. The molecule has 20 heavy (non-hydrogen) atoms. The van der Waals surface area contributed by atoms with Crippen LogP contribution in [0.5, 0.6) is 0 Å². The van der Waals surface area contributed by atoms with Gasteiger partial charge in [-0.3, -0.25) is 14.6 Å². The normalized spacial score (nSPS) is 21.8. The topological polar surface area (TPSA) is 61.6 Å². The minimum atomic E-state index is -0.731. The Morgan fingerprint density at radius 3 is 2.75 bits per heavy atom. The molecule has 1 saturated carbocycles. The van der Waals surface area contributed by atoms with E-state index in [2.05, 4.69) is 14.5 Å². The lowest BCUT2D eigenvalue weighted by atomic mass is 10.3. The largest absolute Gasteiger partial charge is 0.480 e. The molecule has 3 rings (SSSR count). The van der Waals surface area contributed by atoms with Crippen LogP contribution in [0.4, 0.5) is 0 Å². The van der Waals surface area contributed by atoms with Crippen LogP contribution < -0.4 is 0 Å². The molecule has 0 amide bonds. The molecule has 0 radical (unpaired) electrons. The molecule has 0 bridgehead atoms. The standard InChI is InChI=1S/C14H22N4O2/c19-14(20)10-17-5-1-4-16(6-7-17)9-13-8-15-11-18(13)12-2-3-12/h8,11-12H,1-7,9-10H2,(H,19,20). The van der Waals surface area contributed by atoms with Crippen molar-refractivity contribution < 1.29 is 9.90 Å². The van der Waals surface area contributed by atoms with E-state index in [4.69, 9.17) is 5.11 Å². The van der Waals surface area contributed by atoms with E-state index in [1.54, 1.807) is 0 Å². The van der Waals surface area contributed by atoms with Gasteiger partial charge in [0.15, 0.2) is 0 Å². The Kier molecular flexibility index (Phi) is 4.03. The monoisotopic (exact) mass is 278 g/mol. The molecule has 1 aliphatic heterocycles. The van der Waals surface area contributed by atoms with Gasteiger partial charge in [0.2, 0.25) is 0 Å². The van der Waals surface area contributed by atoms with E-state index < -0.39 is 5.97 Å². The summed E-state index contributed by atoms with van der Waals surface area (Å²) in [5.41, 5.74) is 1.29. The Bertz CT molecular complexity index is 469. The van der Waals surface area contributed by atoms with Crippen LogP contribution in [0.1, 0.15) is 31.0 Å². The van der Waals surface area contributed by atoms with Gasteiger partial charge >= 0.3 is 5.97 Å². The summed E-state index contributed by atoms with van der Waals surface area (Å²) in [6, 6.07) is 0.669. The average molecular weight is 278 g/mol. The van der Waals surface area contributed by atoms with Crippen molar-refractivity contribution in [1.29, 1.82) is 0 Å². The molecule has 0 aromatic carbocycles. The highest BCUT2D eigenvalue weighted by atomic mass is 16.4. The maximum absolute atomic E-state index is 10.8. The number of hydrogen-bond acceptors (Lipinski definition) is 4. The van der Waals surface area contributed by atoms with Crippen LogP contribution in [0.3, 0.4) is 0 Å². The highest BCUT2D eigenvalue weighted by molar-refractivity contribution is 5.69. The van der Waals surface area contributed by atoms with Crippen molar-refractivity contribution >= 4 is 5.97 Å². The number of imidazole rings is 1. The number of rotatable bonds is 5. The first-order valence-corrected chi connectivity index (χ1v) is 7.39. The predicted octanol–water partition coefficient (Wildman–Crippen LogP) is 0.810. The zero-order chi connectivity index (χ0) is 13.9. The molecule has 2 aliphatic rings. The molecule has 0 atom stereocenters. The lowest BCUT2D eigenvalue weighted by Crippen LogP contribution is -2.34. The van der Waals surface area contributed by atoms with E-state index in [0.29, 0.717) is 6.04 Å². The number of aromatic nitrogens is 2. The van der Waals surface area contributed by atoms with Gasteiger partial charge in [-0.15, -0.1) is 0 Å². The van der Waals surface area contributed by atoms with Crippen molar-refractivity contribution in [3.05, 3.63) is 18.2 Å². The van der Waals surface area contributed by atoms with Crippen molar-refractivity contribution in [2.45, 2.75) is 31.8 Å². The summed E-state index contributed by atoms with van der Waals surface area (Å²) in [5.74, 6) is -0.731. The van der Waals surface area contributed by atoms with E-state index in [1.165, 1.54) is 18.5 Å². The Labute approximate surface area is 119 Å². The van der Waals surface area contributed by atoms with Gasteiger partial charge in [0.05, 0.1) is 18.6 Å². The second-order valence-electron chi connectivity index (χ2n) is 5.82. The van der Waals surface area contributed by atoms with E-state index in [9.17, 15) is 4.79 Å². The summed E-state index contributed by atoms with van der Waals surface area (Å²) in [7, 11) is 0. The molecule has 1 N–H and O–H groups in total. The SMILES string of the molecule is O=C(O)CN1CCCN(Cc2cncn2C2CC2)CC1. The first-order valence-electron chi connectivity index (χ1n) is 7.39. The van der Waals surface area contributed by atoms with Gasteiger partial charge in [-0.05, 0) is 25.8 Å². The van der Waals surface area contributed by atoms with E-state index >= 15 is 0 Å². The Hall–Kier alpha value is -1.40. The fraction of sp³-hybridized carbons (Fsp3) is 0.714. The van der Waals surface area contributed by atoms with Crippen LogP contribution in [0.25, 0.3) is 0 Å². The highest BCUT2D eigenvalue weighted by Crippen LogP contribution is 2.35. The first-order chi connectivity index (χ1) is 9.72. The Morgan fingerprint density at radius 2 is 2.00 bits per heavy atom. The molecule has 6 nitrogen and oxygen atoms in total. The molecule has 1 aliphatic carbocycles. The second kappa shape index (κ2) is 5.93. The van der Waals surface area contributed by atoms with Gasteiger partial charge in [-0.2, -0.15) is 0 Å². The molecule has 0 spiro atoms. The van der Waals surface area contributed by atoms with Crippen molar-refractivity contribution in [2.24, 2.45) is 0 Å². The van der Waals surface area contributed by atoms with Crippen molar-refractivity contribution in [3.63, 3.8) is 0 Å². The highest BCUT2D eigenvalue weighted by Gasteiger charge is 2.26. The third kappa shape index (κ3) is 3.37. The summed E-state index contributed by atoms with van der Waals surface area (Å²) >= 11 is 0. The number of nitrogens with zero attached hydrogens (tertiary/aromatic N) is 4. The van der Waals surface area contributed by atoms with Crippen molar-refractivity contribution in [1.82, 2.24) is 19.4 Å². The third-order valence-corrected chi connectivity index (χ3v) is 4.11. The zero-order valence-electron chi connectivity index (χ0n) is 11.7. The van der Waals surface area contributed by atoms with Crippen molar-refractivity contribution in [3.8, 4) is 0 Å². The van der Waals surface area contributed by atoms with Crippen LogP contribution in [0, 0.1) is 0 Å². The average Bonchev–Trinajstić information content (AvgIpc) is 3.17. The van der Waals surface area contributed by atoms with Gasteiger partial charge in [0.25, 0.3) is 0 Å². The first kappa shape index (κ1) is 13.6. The molecule has 1 aromatic rings. The van der Waals surface area contributed by atoms with E-state index in [-0.39, 0.29) is 6.54 Å². The number of hydrogen-bond donors (Lipinski definition) is 1. The molecule has 1 aromatic heterocycles. The summed E-state index contributed by atoms with van der Waals surface area (Å²) < 4.78 is 2.31. The summed E-state index contributed by atoms with van der Waals surface area (Å²) in [6.45, 7) is 4.77. The maximum Gasteiger partial charge on any atom is 0.317 e. The van der Waals surface area contributed by atoms with Crippen LogP contribution in [0.2, 0.25) is 0 Å². The number of carboxylic acids is 1. The molecule has 2 fully saturated rings. The minimum Gasteiger partial charge on any atom is -0.480 e. The number of carbonyl (C=O) groups is 1. The second-order valence-corrected chi connectivity index (χ2v) is 5.82. The van der Waals surface area contributed by atoms with Gasteiger partial charge < -0.3 is 9.67 Å².